The van der Waals surface area contributed by atoms with E-state index in [1.807, 2.05) is 47.8 Å². The molecule has 0 saturated carbocycles. The predicted molar refractivity (Wildman–Crippen MR) is 115 cm³/mol. The molecule has 6 heteroatoms. The van der Waals surface area contributed by atoms with Gasteiger partial charge in [-0.3, -0.25) is 14.5 Å². The van der Waals surface area contributed by atoms with Gasteiger partial charge in [0.05, 0.1) is 12.1 Å². The average Bonchev–Trinajstić information content (AvgIpc) is 3.17. The van der Waals surface area contributed by atoms with Gasteiger partial charge in [0.1, 0.15) is 0 Å². The molecule has 5 nitrogen and oxygen atoms in total. The van der Waals surface area contributed by atoms with Crippen LogP contribution >= 0.6 is 11.3 Å². The number of benzene rings is 2. The van der Waals surface area contributed by atoms with Crippen LogP contribution in [0.2, 0.25) is 0 Å². The van der Waals surface area contributed by atoms with Crippen LogP contribution in [-0.2, 0) is 16.0 Å². The van der Waals surface area contributed by atoms with Gasteiger partial charge >= 0.3 is 0 Å². The third-order valence-corrected chi connectivity index (χ3v) is 4.90. The van der Waals surface area contributed by atoms with Crippen LogP contribution in [0.4, 0.5) is 10.8 Å². The number of rotatable bonds is 7. The molecule has 28 heavy (non-hydrogen) atoms. The van der Waals surface area contributed by atoms with Crippen molar-refractivity contribution in [2.24, 2.45) is 0 Å². The third-order valence-electron chi connectivity index (χ3n) is 4.03. The summed E-state index contributed by atoms with van der Waals surface area (Å²) in [7, 11) is 0. The molecule has 0 fully saturated rings. The standard InChI is InChI=1S/C22H21N3O2S/c1-3-13-25(22-24-20(15-28-22)18-7-5-4-6-8-18)21(27)14-17-9-11-19(12-10-17)23-16(2)26/h3-12,15H,1,13-14H2,2H3,(H,23,26). The van der Waals surface area contributed by atoms with Crippen molar-refractivity contribution in [2.75, 3.05) is 16.8 Å². The van der Waals surface area contributed by atoms with Gasteiger partial charge in [-0.1, -0.05) is 48.5 Å². The van der Waals surface area contributed by atoms with Crippen LogP contribution in [0.1, 0.15) is 12.5 Å². The van der Waals surface area contributed by atoms with Crippen molar-refractivity contribution >= 4 is 34.0 Å². The lowest BCUT2D eigenvalue weighted by Gasteiger charge is -2.18. The molecule has 0 atom stereocenters. The maximum Gasteiger partial charge on any atom is 0.233 e. The Morgan fingerprint density at radius 3 is 2.50 bits per heavy atom. The molecular weight excluding hydrogens is 370 g/mol. The Bertz CT molecular complexity index is 965. The van der Waals surface area contributed by atoms with Gasteiger partial charge in [0.15, 0.2) is 5.13 Å². The number of nitrogens with one attached hydrogen (secondary N) is 1. The maximum atomic E-state index is 12.9. The van der Waals surface area contributed by atoms with Crippen molar-refractivity contribution in [1.29, 1.82) is 0 Å². The monoisotopic (exact) mass is 391 g/mol. The SMILES string of the molecule is C=CCN(C(=O)Cc1ccc(NC(C)=O)cc1)c1nc(-c2ccccc2)cs1. The molecule has 0 unspecified atom stereocenters. The summed E-state index contributed by atoms with van der Waals surface area (Å²) in [5, 5.41) is 5.32. The first-order valence-electron chi connectivity index (χ1n) is 8.85. The zero-order chi connectivity index (χ0) is 19.9. The molecule has 0 radical (unpaired) electrons. The van der Waals surface area contributed by atoms with Gasteiger partial charge in [0.2, 0.25) is 11.8 Å². The lowest BCUT2D eigenvalue weighted by Crippen LogP contribution is -2.32. The van der Waals surface area contributed by atoms with Gasteiger partial charge < -0.3 is 5.32 Å². The van der Waals surface area contributed by atoms with E-state index in [2.05, 4.69) is 16.9 Å². The normalized spacial score (nSPS) is 10.3. The van der Waals surface area contributed by atoms with Crippen molar-refractivity contribution in [1.82, 2.24) is 4.98 Å². The molecule has 0 spiro atoms. The number of anilines is 2. The van der Waals surface area contributed by atoms with E-state index in [0.29, 0.717) is 17.4 Å². The van der Waals surface area contributed by atoms with Gasteiger partial charge in [-0.2, -0.15) is 0 Å². The van der Waals surface area contributed by atoms with Gasteiger partial charge in [0.25, 0.3) is 0 Å². The lowest BCUT2D eigenvalue weighted by molar-refractivity contribution is -0.118. The number of thiazole rings is 1. The fraction of sp³-hybridized carbons (Fsp3) is 0.136. The number of aromatic nitrogens is 1. The quantitative estimate of drug-likeness (QED) is 0.602. The molecule has 3 aromatic rings. The highest BCUT2D eigenvalue weighted by Gasteiger charge is 2.18. The number of amides is 2. The zero-order valence-electron chi connectivity index (χ0n) is 15.6. The van der Waals surface area contributed by atoms with E-state index in [1.54, 1.807) is 23.1 Å². The first kappa shape index (κ1) is 19.5. The first-order chi connectivity index (χ1) is 13.6. The van der Waals surface area contributed by atoms with Gasteiger partial charge in [-0.05, 0) is 17.7 Å². The summed E-state index contributed by atoms with van der Waals surface area (Å²) in [6, 6.07) is 17.1. The van der Waals surface area contributed by atoms with E-state index in [9.17, 15) is 9.59 Å². The van der Waals surface area contributed by atoms with E-state index in [1.165, 1.54) is 18.3 Å². The molecule has 2 aromatic carbocycles. The smallest absolute Gasteiger partial charge is 0.233 e. The first-order valence-corrected chi connectivity index (χ1v) is 9.73. The summed E-state index contributed by atoms with van der Waals surface area (Å²) in [5.74, 6) is -0.180. The fourth-order valence-corrected chi connectivity index (χ4v) is 3.59. The van der Waals surface area contributed by atoms with E-state index in [-0.39, 0.29) is 18.2 Å². The number of hydrogen-bond acceptors (Lipinski definition) is 4. The summed E-state index contributed by atoms with van der Waals surface area (Å²) in [4.78, 5) is 30.3. The highest BCUT2D eigenvalue weighted by Crippen LogP contribution is 2.28. The summed E-state index contributed by atoms with van der Waals surface area (Å²) in [5.41, 5.74) is 3.44. The summed E-state index contributed by atoms with van der Waals surface area (Å²) in [6.45, 7) is 5.62. The largest absolute Gasteiger partial charge is 0.326 e. The van der Waals surface area contributed by atoms with Crippen molar-refractivity contribution in [3.05, 3.63) is 78.2 Å². The Kier molecular flexibility index (Phi) is 6.34. The summed E-state index contributed by atoms with van der Waals surface area (Å²) in [6.07, 6.45) is 1.94. The topological polar surface area (TPSA) is 62.3 Å². The Balaban J connectivity index is 1.75. The molecule has 1 N–H and O–H groups in total. The molecule has 0 bridgehead atoms. The van der Waals surface area contributed by atoms with E-state index < -0.39 is 0 Å². The Hall–Kier alpha value is -3.25. The average molecular weight is 391 g/mol. The number of hydrogen-bond donors (Lipinski definition) is 1. The molecule has 142 valence electrons. The van der Waals surface area contributed by atoms with E-state index in [0.717, 1.165) is 16.8 Å². The van der Waals surface area contributed by atoms with Gasteiger partial charge in [-0.15, -0.1) is 17.9 Å². The van der Waals surface area contributed by atoms with Crippen LogP contribution in [0.25, 0.3) is 11.3 Å². The molecule has 3 rings (SSSR count). The van der Waals surface area contributed by atoms with Crippen LogP contribution in [0.15, 0.2) is 72.6 Å². The van der Waals surface area contributed by atoms with Crippen LogP contribution in [-0.4, -0.2) is 23.3 Å². The second kappa shape index (κ2) is 9.10. The minimum atomic E-state index is -0.126. The molecule has 0 saturated heterocycles. The lowest BCUT2D eigenvalue weighted by atomic mass is 10.1. The number of carbonyl (C=O) groups excluding carboxylic acids is 2. The molecule has 1 aromatic heterocycles. The Labute approximate surface area is 168 Å². The predicted octanol–water partition coefficient (Wildman–Crippen LogP) is 4.53. The second-order valence-corrected chi connectivity index (χ2v) is 7.07. The molecule has 0 aliphatic carbocycles. The van der Waals surface area contributed by atoms with Gasteiger partial charge in [0, 0.05) is 30.1 Å². The minimum absolute atomic E-state index is 0.0545. The number of carbonyl (C=O) groups is 2. The highest BCUT2D eigenvalue weighted by molar-refractivity contribution is 7.14. The zero-order valence-corrected chi connectivity index (χ0v) is 16.4. The number of nitrogens with zero attached hydrogens (tertiary/aromatic N) is 2. The van der Waals surface area contributed by atoms with Crippen LogP contribution < -0.4 is 10.2 Å². The fourth-order valence-electron chi connectivity index (χ4n) is 2.72. The van der Waals surface area contributed by atoms with Gasteiger partial charge in [-0.25, -0.2) is 4.98 Å². The highest BCUT2D eigenvalue weighted by atomic mass is 32.1. The van der Waals surface area contributed by atoms with Crippen LogP contribution in [0, 0.1) is 0 Å². The van der Waals surface area contributed by atoms with E-state index in [4.69, 9.17) is 0 Å². The summed E-state index contributed by atoms with van der Waals surface area (Å²) < 4.78 is 0. The van der Waals surface area contributed by atoms with E-state index >= 15 is 0 Å². The minimum Gasteiger partial charge on any atom is -0.326 e. The van der Waals surface area contributed by atoms with Crippen molar-refractivity contribution in [3.63, 3.8) is 0 Å². The second-order valence-electron chi connectivity index (χ2n) is 6.23. The molecule has 0 aliphatic rings. The van der Waals surface area contributed by atoms with Crippen molar-refractivity contribution in [3.8, 4) is 11.3 Å². The maximum absolute atomic E-state index is 12.9. The van der Waals surface area contributed by atoms with Crippen LogP contribution in [0.5, 0.6) is 0 Å². The Morgan fingerprint density at radius 1 is 1.14 bits per heavy atom. The summed E-state index contributed by atoms with van der Waals surface area (Å²) >= 11 is 1.44. The molecule has 1 heterocycles. The third kappa shape index (κ3) is 4.92. The Morgan fingerprint density at radius 2 is 1.86 bits per heavy atom. The molecule has 0 aliphatic heterocycles. The van der Waals surface area contributed by atoms with Crippen molar-refractivity contribution in [2.45, 2.75) is 13.3 Å². The molecular formula is C22H21N3O2S. The van der Waals surface area contributed by atoms with Crippen LogP contribution in [0.3, 0.4) is 0 Å². The molecule has 2 amide bonds. The van der Waals surface area contributed by atoms with Crippen molar-refractivity contribution < 1.29 is 9.59 Å².